The Balaban J connectivity index is 1.91. The molecule has 2 heterocycles. The number of aryl methyl sites for hydroxylation is 1. The van der Waals surface area contributed by atoms with Gasteiger partial charge in [-0.05, 0) is 50.6 Å². The van der Waals surface area contributed by atoms with E-state index in [0.717, 1.165) is 16.2 Å². The highest BCUT2D eigenvalue weighted by Gasteiger charge is 2.48. The van der Waals surface area contributed by atoms with Gasteiger partial charge in [0, 0.05) is 17.7 Å². The van der Waals surface area contributed by atoms with Crippen molar-refractivity contribution in [1.29, 1.82) is 0 Å². The fourth-order valence-corrected chi connectivity index (χ4v) is 5.04. The molecule has 3 aromatic rings. The molecule has 1 aromatic heterocycles. The first kappa shape index (κ1) is 26.5. The van der Waals surface area contributed by atoms with Crippen LogP contribution in [0.25, 0.3) is 5.76 Å². The van der Waals surface area contributed by atoms with Gasteiger partial charge in [0.2, 0.25) is 0 Å². The molecule has 0 saturated carbocycles. The molecule has 0 spiro atoms. The summed E-state index contributed by atoms with van der Waals surface area (Å²) in [4.78, 5) is 55.3. The van der Waals surface area contributed by atoms with Crippen molar-refractivity contribution in [2.24, 2.45) is 0 Å². The first-order valence-corrected chi connectivity index (χ1v) is 12.4. The molecule has 0 bridgehead atoms. The largest absolute Gasteiger partial charge is 0.507 e. The minimum absolute atomic E-state index is 0.0399. The van der Waals surface area contributed by atoms with E-state index in [1.165, 1.54) is 30.3 Å². The number of aromatic nitrogens is 1. The maximum absolute atomic E-state index is 13.3. The van der Waals surface area contributed by atoms with Crippen LogP contribution in [0, 0.1) is 17.0 Å². The summed E-state index contributed by atoms with van der Waals surface area (Å²) in [6.45, 7) is 5.54. The summed E-state index contributed by atoms with van der Waals surface area (Å²) in [5, 5.41) is 22.5. The Hall–Kier alpha value is -4.58. The Morgan fingerprint density at radius 3 is 2.50 bits per heavy atom. The third-order valence-corrected chi connectivity index (χ3v) is 6.87. The highest BCUT2D eigenvalue weighted by molar-refractivity contribution is 7.17. The number of thiazole rings is 1. The lowest BCUT2D eigenvalue weighted by molar-refractivity contribution is -0.384. The van der Waals surface area contributed by atoms with E-state index in [9.17, 15) is 29.6 Å². The molecule has 1 aliphatic heterocycles. The lowest BCUT2D eigenvalue weighted by Crippen LogP contribution is -2.29. The Morgan fingerprint density at radius 2 is 1.87 bits per heavy atom. The smallest absolute Gasteiger partial charge is 0.350 e. The van der Waals surface area contributed by atoms with Crippen molar-refractivity contribution in [3.8, 4) is 5.75 Å². The summed E-state index contributed by atoms with van der Waals surface area (Å²) in [5.41, 5.74) is 0.441. The lowest BCUT2D eigenvalue weighted by atomic mass is 9.95. The zero-order valence-corrected chi connectivity index (χ0v) is 21.5. The van der Waals surface area contributed by atoms with Gasteiger partial charge in [-0.15, -0.1) is 0 Å². The summed E-state index contributed by atoms with van der Waals surface area (Å²) in [5.74, 6) is -2.56. The van der Waals surface area contributed by atoms with E-state index >= 15 is 0 Å². The molecular formula is C26H23N3O8S. The van der Waals surface area contributed by atoms with Crippen molar-refractivity contribution in [1.82, 2.24) is 4.98 Å². The highest BCUT2D eigenvalue weighted by Crippen LogP contribution is 2.44. The molecule has 4 rings (SSSR count). The third-order valence-electron chi connectivity index (χ3n) is 5.73. The number of carbonyl (C=O) groups excluding carboxylic acids is 3. The van der Waals surface area contributed by atoms with E-state index in [4.69, 9.17) is 9.47 Å². The van der Waals surface area contributed by atoms with E-state index in [1.807, 2.05) is 0 Å². The Morgan fingerprint density at radius 1 is 1.16 bits per heavy atom. The van der Waals surface area contributed by atoms with E-state index in [-0.39, 0.29) is 33.4 Å². The first-order valence-electron chi connectivity index (χ1n) is 11.6. The average Bonchev–Trinajstić information content (AvgIpc) is 3.41. The Labute approximate surface area is 221 Å². The van der Waals surface area contributed by atoms with Crippen LogP contribution in [0.15, 0.2) is 54.1 Å². The standard InChI is InChI=1S/C26H23N3O8S/c1-4-36-18-8-6-7-16(13-18)21(30)19-20(15-9-11-17(12-10-15)29(34)35)28(24(32)22(19)31)26-27-14(3)23(38-26)25(33)37-5-2/h6-13,20,30H,4-5H2,1-3H3/b21-19+. The maximum Gasteiger partial charge on any atom is 0.350 e. The number of nitrogens with zero attached hydrogens (tertiary/aromatic N) is 3. The zero-order valence-electron chi connectivity index (χ0n) is 20.7. The maximum atomic E-state index is 13.3. The Kier molecular flexibility index (Phi) is 7.53. The van der Waals surface area contributed by atoms with Crippen molar-refractivity contribution in [3.05, 3.63) is 85.9 Å². The van der Waals surface area contributed by atoms with Crippen LogP contribution in [-0.4, -0.2) is 45.9 Å². The predicted octanol–water partition coefficient (Wildman–Crippen LogP) is 4.56. The minimum atomic E-state index is -1.17. The molecule has 1 unspecified atom stereocenters. The second-order valence-electron chi connectivity index (χ2n) is 8.11. The summed E-state index contributed by atoms with van der Waals surface area (Å²) in [7, 11) is 0. The number of ether oxygens (including phenoxy) is 2. The number of aliphatic hydroxyl groups excluding tert-OH is 1. The van der Waals surface area contributed by atoms with Crippen LogP contribution in [-0.2, 0) is 14.3 Å². The molecule has 11 nitrogen and oxygen atoms in total. The first-order chi connectivity index (χ1) is 18.2. The van der Waals surface area contributed by atoms with Crippen molar-refractivity contribution in [3.63, 3.8) is 0 Å². The number of benzene rings is 2. The Bertz CT molecular complexity index is 1460. The second-order valence-corrected chi connectivity index (χ2v) is 9.09. The number of carbonyl (C=O) groups is 3. The summed E-state index contributed by atoms with van der Waals surface area (Å²) in [6, 6.07) is 10.5. The van der Waals surface area contributed by atoms with Crippen LogP contribution in [0.4, 0.5) is 10.8 Å². The topological polar surface area (TPSA) is 149 Å². The fraction of sp³-hybridized carbons (Fsp3) is 0.231. The number of hydrogen-bond acceptors (Lipinski definition) is 10. The molecule has 12 heteroatoms. The molecule has 1 atom stereocenters. The van der Waals surface area contributed by atoms with Crippen molar-refractivity contribution in [2.45, 2.75) is 26.8 Å². The predicted molar refractivity (Wildman–Crippen MR) is 138 cm³/mol. The number of nitro benzene ring substituents is 1. The van der Waals surface area contributed by atoms with Crippen molar-refractivity contribution >= 4 is 45.6 Å². The minimum Gasteiger partial charge on any atom is -0.507 e. The van der Waals surface area contributed by atoms with Gasteiger partial charge in [-0.3, -0.25) is 24.6 Å². The van der Waals surface area contributed by atoms with Crippen molar-refractivity contribution in [2.75, 3.05) is 18.1 Å². The van der Waals surface area contributed by atoms with Crippen LogP contribution < -0.4 is 9.64 Å². The zero-order chi connectivity index (χ0) is 27.6. The van der Waals surface area contributed by atoms with Gasteiger partial charge in [-0.25, -0.2) is 9.78 Å². The van der Waals surface area contributed by atoms with E-state index < -0.39 is 34.4 Å². The SMILES string of the molecule is CCOC(=O)c1sc(N2C(=O)C(=O)/C(=C(/O)c3cccc(OCC)c3)C2c2ccc([N+](=O)[O-])cc2)nc1C. The van der Waals surface area contributed by atoms with E-state index in [0.29, 0.717) is 23.6 Å². The number of hydrogen-bond donors (Lipinski definition) is 1. The number of amides is 1. The summed E-state index contributed by atoms with van der Waals surface area (Å²) in [6.07, 6.45) is 0. The number of anilines is 1. The van der Waals surface area contributed by atoms with Gasteiger partial charge in [0.05, 0.1) is 35.4 Å². The second kappa shape index (κ2) is 10.8. The summed E-state index contributed by atoms with van der Waals surface area (Å²) < 4.78 is 10.6. The molecular weight excluding hydrogens is 514 g/mol. The van der Waals surface area contributed by atoms with Crippen LogP contribution in [0.1, 0.15) is 46.4 Å². The third kappa shape index (κ3) is 4.85. The molecule has 38 heavy (non-hydrogen) atoms. The number of aliphatic hydroxyl groups is 1. The fourth-order valence-electron chi connectivity index (χ4n) is 4.05. The number of esters is 1. The lowest BCUT2D eigenvalue weighted by Gasteiger charge is -2.23. The highest BCUT2D eigenvalue weighted by atomic mass is 32.1. The monoisotopic (exact) mass is 537 g/mol. The van der Waals surface area contributed by atoms with Crippen LogP contribution >= 0.6 is 11.3 Å². The van der Waals surface area contributed by atoms with Gasteiger partial charge in [-0.2, -0.15) is 0 Å². The van der Waals surface area contributed by atoms with Gasteiger partial charge >= 0.3 is 11.9 Å². The van der Waals surface area contributed by atoms with Crippen LogP contribution in [0.2, 0.25) is 0 Å². The molecule has 1 saturated heterocycles. The summed E-state index contributed by atoms with van der Waals surface area (Å²) >= 11 is 0.870. The van der Waals surface area contributed by atoms with E-state index in [1.54, 1.807) is 39.0 Å². The molecule has 1 amide bonds. The number of nitro groups is 1. The molecule has 2 aromatic carbocycles. The molecule has 0 radical (unpaired) electrons. The van der Waals surface area contributed by atoms with Gasteiger partial charge in [0.15, 0.2) is 5.13 Å². The number of non-ortho nitro benzene ring substituents is 1. The van der Waals surface area contributed by atoms with Crippen LogP contribution in [0.3, 0.4) is 0 Å². The van der Waals surface area contributed by atoms with Crippen LogP contribution in [0.5, 0.6) is 5.75 Å². The normalized spacial score (nSPS) is 16.5. The molecule has 196 valence electrons. The average molecular weight is 538 g/mol. The quantitative estimate of drug-likeness (QED) is 0.109. The van der Waals surface area contributed by atoms with Gasteiger partial charge < -0.3 is 14.6 Å². The number of ketones is 1. The molecule has 1 N–H and O–H groups in total. The van der Waals surface area contributed by atoms with Crippen molar-refractivity contribution < 1.29 is 33.9 Å². The van der Waals surface area contributed by atoms with E-state index in [2.05, 4.69) is 4.98 Å². The number of Topliss-reactive ketones (excluding diaryl/α,β-unsaturated/α-hetero) is 1. The van der Waals surface area contributed by atoms with Gasteiger partial charge in [0.1, 0.15) is 16.4 Å². The number of rotatable bonds is 8. The van der Waals surface area contributed by atoms with Gasteiger partial charge in [0.25, 0.3) is 11.5 Å². The molecule has 0 aliphatic carbocycles. The van der Waals surface area contributed by atoms with Gasteiger partial charge in [-0.1, -0.05) is 23.5 Å². The molecule has 1 fully saturated rings. The molecule has 1 aliphatic rings.